The molecule has 0 spiro atoms. The van der Waals surface area contributed by atoms with Gasteiger partial charge in [-0.2, -0.15) is 0 Å². The molecule has 0 aliphatic carbocycles. The molecule has 0 fully saturated rings. The third-order valence-corrected chi connectivity index (χ3v) is 3.34. The van der Waals surface area contributed by atoms with Crippen LogP contribution in [0.2, 0.25) is 0 Å². The highest BCUT2D eigenvalue weighted by molar-refractivity contribution is 4.80. The molecular weight excluding hydrogens is 168 g/mol. The van der Waals surface area contributed by atoms with E-state index >= 15 is 0 Å². The van der Waals surface area contributed by atoms with E-state index < -0.39 is 0 Å². The minimum Gasteiger partial charge on any atom is -0.0654 e. The van der Waals surface area contributed by atoms with Gasteiger partial charge in [0, 0.05) is 0 Å². The van der Waals surface area contributed by atoms with Gasteiger partial charge in [-0.1, -0.05) is 67.7 Å². The molecule has 0 aromatic rings. The summed E-state index contributed by atoms with van der Waals surface area (Å²) >= 11 is 0. The van der Waals surface area contributed by atoms with Crippen molar-refractivity contribution in [3.8, 4) is 0 Å². The maximum absolute atomic E-state index is 2.44. The van der Waals surface area contributed by atoms with E-state index in [1.54, 1.807) is 0 Å². The first kappa shape index (κ1) is 14.0. The summed E-state index contributed by atoms with van der Waals surface area (Å²) in [5, 5.41) is 0. The molecule has 0 rings (SSSR count). The van der Waals surface area contributed by atoms with Crippen LogP contribution < -0.4 is 0 Å². The van der Waals surface area contributed by atoms with Crippen LogP contribution in [0.1, 0.15) is 67.7 Å². The monoisotopic (exact) mass is 198 g/mol. The fraction of sp³-hybridized carbons (Fsp3) is 1.00. The van der Waals surface area contributed by atoms with E-state index in [1.165, 1.54) is 19.3 Å². The molecule has 0 nitrogen and oxygen atoms in total. The van der Waals surface area contributed by atoms with Gasteiger partial charge in [0.15, 0.2) is 0 Å². The Morgan fingerprint density at radius 2 is 1.50 bits per heavy atom. The Bertz CT molecular complexity index is 139. The first-order valence-electron chi connectivity index (χ1n) is 6.30. The lowest BCUT2D eigenvalue weighted by Gasteiger charge is -2.38. The smallest absolute Gasteiger partial charge is 0.0316 e. The quantitative estimate of drug-likeness (QED) is 0.574. The molecule has 0 aromatic carbocycles. The SMILES string of the molecule is CCCCC(C)C(C(C)C)C(C)(C)C. The molecule has 0 amide bonds. The van der Waals surface area contributed by atoms with E-state index in [9.17, 15) is 0 Å². The maximum Gasteiger partial charge on any atom is -0.0316 e. The predicted octanol–water partition coefficient (Wildman–Crippen LogP) is 5.13. The van der Waals surface area contributed by atoms with E-state index in [0.29, 0.717) is 5.41 Å². The third-order valence-electron chi connectivity index (χ3n) is 3.34. The summed E-state index contributed by atoms with van der Waals surface area (Å²) in [7, 11) is 0. The second kappa shape index (κ2) is 5.78. The van der Waals surface area contributed by atoms with Gasteiger partial charge in [0.2, 0.25) is 0 Å². The van der Waals surface area contributed by atoms with Gasteiger partial charge in [-0.3, -0.25) is 0 Å². The molecule has 0 N–H and O–H groups in total. The maximum atomic E-state index is 2.44. The van der Waals surface area contributed by atoms with Crippen LogP contribution in [0.15, 0.2) is 0 Å². The Hall–Kier alpha value is 0. The number of hydrogen-bond acceptors (Lipinski definition) is 0. The normalized spacial score (nSPS) is 17.1. The van der Waals surface area contributed by atoms with E-state index in [-0.39, 0.29) is 0 Å². The van der Waals surface area contributed by atoms with Crippen LogP contribution in [-0.2, 0) is 0 Å². The second-order valence-corrected chi connectivity index (χ2v) is 6.26. The molecule has 86 valence electrons. The summed E-state index contributed by atoms with van der Waals surface area (Å²) in [5.41, 5.74) is 0.460. The van der Waals surface area contributed by atoms with Crippen LogP contribution in [0.25, 0.3) is 0 Å². The second-order valence-electron chi connectivity index (χ2n) is 6.26. The average molecular weight is 198 g/mol. The molecule has 0 aliphatic rings. The van der Waals surface area contributed by atoms with Crippen molar-refractivity contribution in [1.82, 2.24) is 0 Å². The molecule has 0 heteroatoms. The number of rotatable bonds is 5. The van der Waals surface area contributed by atoms with Crippen molar-refractivity contribution in [3.63, 3.8) is 0 Å². The van der Waals surface area contributed by atoms with Gasteiger partial charge in [0.05, 0.1) is 0 Å². The van der Waals surface area contributed by atoms with Crippen LogP contribution in [0.5, 0.6) is 0 Å². The highest BCUT2D eigenvalue weighted by atomic mass is 14.4. The molecule has 0 aliphatic heterocycles. The van der Waals surface area contributed by atoms with Crippen molar-refractivity contribution in [3.05, 3.63) is 0 Å². The number of unbranched alkanes of at least 4 members (excludes halogenated alkanes) is 1. The molecule has 0 aromatic heterocycles. The van der Waals surface area contributed by atoms with Gasteiger partial charge in [0.25, 0.3) is 0 Å². The molecule has 0 saturated heterocycles. The Labute approximate surface area is 91.5 Å². The molecule has 2 atom stereocenters. The summed E-state index contributed by atoms with van der Waals surface area (Å²) in [6.45, 7) is 16.6. The van der Waals surface area contributed by atoms with E-state index in [4.69, 9.17) is 0 Å². The minimum absolute atomic E-state index is 0.460. The van der Waals surface area contributed by atoms with E-state index in [0.717, 1.165) is 17.8 Å². The number of hydrogen-bond donors (Lipinski definition) is 0. The van der Waals surface area contributed by atoms with Crippen molar-refractivity contribution < 1.29 is 0 Å². The van der Waals surface area contributed by atoms with Gasteiger partial charge in [0.1, 0.15) is 0 Å². The molecular formula is C14H30. The van der Waals surface area contributed by atoms with Crippen molar-refractivity contribution in [1.29, 1.82) is 0 Å². The van der Waals surface area contributed by atoms with Crippen molar-refractivity contribution in [2.45, 2.75) is 67.7 Å². The Morgan fingerprint density at radius 1 is 1.00 bits per heavy atom. The lowest BCUT2D eigenvalue weighted by atomic mass is 9.67. The van der Waals surface area contributed by atoms with Crippen LogP contribution >= 0.6 is 0 Å². The summed E-state index contributed by atoms with van der Waals surface area (Å²) < 4.78 is 0. The Balaban J connectivity index is 4.34. The molecule has 0 saturated carbocycles. The van der Waals surface area contributed by atoms with Crippen LogP contribution in [0, 0.1) is 23.2 Å². The van der Waals surface area contributed by atoms with Crippen molar-refractivity contribution in [2.75, 3.05) is 0 Å². The predicted molar refractivity (Wildman–Crippen MR) is 66.5 cm³/mol. The van der Waals surface area contributed by atoms with Crippen LogP contribution in [0.3, 0.4) is 0 Å². The van der Waals surface area contributed by atoms with Crippen molar-refractivity contribution >= 4 is 0 Å². The Morgan fingerprint density at radius 3 is 1.79 bits per heavy atom. The fourth-order valence-electron chi connectivity index (χ4n) is 3.22. The zero-order chi connectivity index (χ0) is 11.4. The largest absolute Gasteiger partial charge is 0.0654 e. The van der Waals surface area contributed by atoms with Gasteiger partial charge in [-0.15, -0.1) is 0 Å². The summed E-state index contributed by atoms with van der Waals surface area (Å²) in [6.07, 6.45) is 4.12. The molecule has 0 bridgehead atoms. The lowest BCUT2D eigenvalue weighted by molar-refractivity contribution is 0.108. The topological polar surface area (TPSA) is 0 Å². The fourth-order valence-corrected chi connectivity index (χ4v) is 3.22. The van der Waals surface area contributed by atoms with E-state index in [2.05, 4.69) is 48.5 Å². The molecule has 0 heterocycles. The highest BCUT2D eigenvalue weighted by Crippen LogP contribution is 2.39. The zero-order valence-corrected chi connectivity index (χ0v) is 11.4. The first-order valence-corrected chi connectivity index (χ1v) is 6.30. The highest BCUT2D eigenvalue weighted by Gasteiger charge is 2.31. The third kappa shape index (κ3) is 4.48. The minimum atomic E-state index is 0.460. The van der Waals surface area contributed by atoms with Gasteiger partial charge in [-0.05, 0) is 23.2 Å². The molecule has 14 heavy (non-hydrogen) atoms. The zero-order valence-electron chi connectivity index (χ0n) is 11.4. The first-order chi connectivity index (χ1) is 6.30. The van der Waals surface area contributed by atoms with E-state index in [1.807, 2.05) is 0 Å². The summed E-state index contributed by atoms with van der Waals surface area (Å²) in [6, 6.07) is 0. The Kier molecular flexibility index (Phi) is 5.78. The molecule has 0 radical (unpaired) electrons. The van der Waals surface area contributed by atoms with Crippen molar-refractivity contribution in [2.24, 2.45) is 23.2 Å². The van der Waals surface area contributed by atoms with Gasteiger partial charge < -0.3 is 0 Å². The van der Waals surface area contributed by atoms with Crippen LogP contribution in [0.4, 0.5) is 0 Å². The van der Waals surface area contributed by atoms with Crippen LogP contribution in [-0.4, -0.2) is 0 Å². The average Bonchev–Trinajstić information content (AvgIpc) is 1.97. The standard InChI is InChI=1S/C14H30/c1-8-9-10-12(4)13(11(2)3)14(5,6)7/h11-13H,8-10H2,1-7H3. The molecule has 2 unspecified atom stereocenters. The summed E-state index contributed by atoms with van der Waals surface area (Å²) in [5.74, 6) is 2.53. The van der Waals surface area contributed by atoms with Gasteiger partial charge in [-0.25, -0.2) is 0 Å². The summed E-state index contributed by atoms with van der Waals surface area (Å²) in [4.78, 5) is 0. The lowest BCUT2D eigenvalue weighted by Crippen LogP contribution is -2.31. The van der Waals surface area contributed by atoms with Gasteiger partial charge >= 0.3 is 0 Å².